The Balaban J connectivity index is 1.69. The van der Waals surface area contributed by atoms with Crippen LogP contribution in [0.5, 0.6) is 0 Å². The third-order valence-corrected chi connectivity index (χ3v) is 7.91. The average molecular weight is 464 g/mol. The molecule has 0 radical (unpaired) electrons. The highest BCUT2D eigenvalue weighted by Crippen LogP contribution is 2.30. The van der Waals surface area contributed by atoms with Gasteiger partial charge >= 0.3 is 11.8 Å². The minimum absolute atomic E-state index is 0.0535. The van der Waals surface area contributed by atoms with Crippen molar-refractivity contribution in [1.82, 2.24) is 9.62 Å². The van der Waals surface area contributed by atoms with Gasteiger partial charge in [-0.15, -0.1) is 0 Å². The van der Waals surface area contributed by atoms with Gasteiger partial charge in [-0.3, -0.25) is 9.59 Å². The first-order valence-electron chi connectivity index (χ1n) is 10.0. The van der Waals surface area contributed by atoms with E-state index >= 15 is 0 Å². The Kier molecular flexibility index (Phi) is 7.03. The van der Waals surface area contributed by atoms with Crippen molar-refractivity contribution < 1.29 is 18.0 Å². The number of carbonyl (C=O) groups is 2. The Morgan fingerprint density at radius 3 is 2.39 bits per heavy atom. The second-order valence-electron chi connectivity index (χ2n) is 7.78. The highest BCUT2D eigenvalue weighted by molar-refractivity contribution is 7.89. The number of nitrogens with one attached hydrogen (secondary N) is 2. The van der Waals surface area contributed by atoms with Gasteiger partial charge in [0.15, 0.2) is 0 Å². The van der Waals surface area contributed by atoms with Gasteiger partial charge in [0.25, 0.3) is 0 Å². The lowest BCUT2D eigenvalue weighted by atomic mass is 10.1. The van der Waals surface area contributed by atoms with Gasteiger partial charge in [0.05, 0.1) is 15.6 Å². The second-order valence-corrected chi connectivity index (χ2v) is 10.0. The van der Waals surface area contributed by atoms with Crippen LogP contribution in [-0.4, -0.2) is 43.7 Å². The van der Waals surface area contributed by atoms with Gasteiger partial charge in [-0.2, -0.15) is 4.31 Å². The summed E-state index contributed by atoms with van der Waals surface area (Å²) in [5.41, 5.74) is 2.74. The van der Waals surface area contributed by atoms with Gasteiger partial charge in [0, 0.05) is 19.1 Å². The molecule has 1 aliphatic rings. The fourth-order valence-electron chi connectivity index (χ4n) is 4.05. The Labute approximate surface area is 187 Å². The zero-order valence-electron chi connectivity index (χ0n) is 17.7. The molecular weight excluding hydrogens is 438 g/mol. The molecule has 9 heteroatoms. The van der Waals surface area contributed by atoms with Gasteiger partial charge in [-0.05, 0) is 56.9 Å². The quantitative estimate of drug-likeness (QED) is 0.666. The van der Waals surface area contributed by atoms with Crippen molar-refractivity contribution in [3.8, 4) is 0 Å². The van der Waals surface area contributed by atoms with Crippen molar-refractivity contribution >= 4 is 39.1 Å². The Morgan fingerprint density at radius 1 is 1.10 bits per heavy atom. The summed E-state index contributed by atoms with van der Waals surface area (Å²) in [6.07, 6.45) is 1.30. The topological polar surface area (TPSA) is 95.6 Å². The van der Waals surface area contributed by atoms with Gasteiger partial charge in [0.2, 0.25) is 10.0 Å². The van der Waals surface area contributed by atoms with Crippen LogP contribution in [0.4, 0.5) is 5.69 Å². The molecule has 1 fully saturated rings. The fourth-order valence-corrected chi connectivity index (χ4v) is 6.34. The maximum absolute atomic E-state index is 13.4. The molecule has 0 saturated carbocycles. The summed E-state index contributed by atoms with van der Waals surface area (Å²) in [5.74, 6) is -1.70. The van der Waals surface area contributed by atoms with Crippen LogP contribution >= 0.6 is 11.6 Å². The summed E-state index contributed by atoms with van der Waals surface area (Å²) < 4.78 is 28.2. The lowest BCUT2D eigenvalue weighted by Crippen LogP contribution is -2.45. The number of aryl methyl sites for hydroxylation is 3. The van der Waals surface area contributed by atoms with Crippen molar-refractivity contribution in [3.05, 3.63) is 58.1 Å². The smallest absolute Gasteiger partial charge is 0.313 e. The molecule has 1 saturated heterocycles. The number of carbonyl (C=O) groups excluding carboxylic acids is 2. The molecule has 3 rings (SSSR count). The number of rotatable bonds is 5. The predicted molar refractivity (Wildman–Crippen MR) is 121 cm³/mol. The van der Waals surface area contributed by atoms with E-state index < -0.39 is 27.9 Å². The van der Waals surface area contributed by atoms with E-state index in [-0.39, 0.29) is 6.54 Å². The van der Waals surface area contributed by atoms with E-state index in [2.05, 4.69) is 10.6 Å². The van der Waals surface area contributed by atoms with Crippen molar-refractivity contribution in [2.45, 2.75) is 44.6 Å². The number of amides is 2. The second kappa shape index (κ2) is 9.38. The van der Waals surface area contributed by atoms with Crippen molar-refractivity contribution in [3.63, 3.8) is 0 Å². The number of sulfonamides is 1. The monoisotopic (exact) mass is 463 g/mol. The van der Waals surface area contributed by atoms with Gasteiger partial charge in [-0.25, -0.2) is 8.42 Å². The molecule has 7 nitrogen and oxygen atoms in total. The molecule has 31 heavy (non-hydrogen) atoms. The fraction of sp³-hybridized carbons (Fsp3) is 0.364. The molecule has 1 atom stereocenters. The number of benzene rings is 2. The summed E-state index contributed by atoms with van der Waals surface area (Å²) in [6, 6.07) is 9.89. The minimum atomic E-state index is -3.72. The van der Waals surface area contributed by atoms with Crippen LogP contribution in [0.25, 0.3) is 0 Å². The standard InChI is InChI=1S/C22H26ClN3O4S/c1-14-11-15(2)20(16(3)12-14)31(29,30)26-10-6-7-17(26)13-24-21(27)22(28)25-19-9-5-4-8-18(19)23/h4-5,8-9,11-12,17H,6-7,10,13H2,1-3H3,(H,24,27)(H,25,28)/t17-/m1/s1. The zero-order chi connectivity index (χ0) is 22.8. The molecule has 0 bridgehead atoms. The lowest BCUT2D eigenvalue weighted by Gasteiger charge is -2.26. The lowest BCUT2D eigenvalue weighted by molar-refractivity contribution is -0.136. The van der Waals surface area contributed by atoms with E-state index in [1.165, 1.54) is 4.31 Å². The Morgan fingerprint density at radius 2 is 1.74 bits per heavy atom. The zero-order valence-corrected chi connectivity index (χ0v) is 19.3. The number of hydrogen-bond donors (Lipinski definition) is 2. The third-order valence-electron chi connectivity index (χ3n) is 5.32. The average Bonchev–Trinajstić information content (AvgIpc) is 3.16. The third kappa shape index (κ3) is 5.08. The van der Waals surface area contributed by atoms with Crippen LogP contribution in [0.3, 0.4) is 0 Å². The van der Waals surface area contributed by atoms with Gasteiger partial charge in [-0.1, -0.05) is 41.4 Å². The van der Waals surface area contributed by atoms with Crippen molar-refractivity contribution in [2.75, 3.05) is 18.4 Å². The van der Waals surface area contributed by atoms with E-state index in [9.17, 15) is 18.0 Å². The van der Waals surface area contributed by atoms with Gasteiger partial charge < -0.3 is 10.6 Å². The number of hydrogen-bond acceptors (Lipinski definition) is 4. The van der Waals surface area contributed by atoms with Crippen LogP contribution < -0.4 is 10.6 Å². The predicted octanol–water partition coefficient (Wildman–Crippen LogP) is 3.17. The first kappa shape index (κ1) is 23.2. The Bertz CT molecular complexity index is 1090. The van der Waals surface area contributed by atoms with Crippen LogP contribution in [0.1, 0.15) is 29.5 Å². The Hall–Kier alpha value is -2.42. The summed E-state index contributed by atoms with van der Waals surface area (Å²) in [5, 5.41) is 5.33. The van der Waals surface area contributed by atoms with E-state index in [4.69, 9.17) is 11.6 Å². The largest absolute Gasteiger partial charge is 0.346 e. The summed E-state index contributed by atoms with van der Waals surface area (Å²) in [6.45, 7) is 5.94. The van der Waals surface area contributed by atoms with E-state index in [1.54, 1.807) is 38.1 Å². The van der Waals surface area contributed by atoms with Crippen molar-refractivity contribution in [1.29, 1.82) is 0 Å². The highest BCUT2D eigenvalue weighted by Gasteiger charge is 2.37. The normalized spacial score (nSPS) is 16.8. The number of halogens is 1. The molecule has 0 unspecified atom stereocenters. The van der Waals surface area contributed by atoms with E-state index in [0.717, 1.165) is 5.56 Å². The number of nitrogens with zero attached hydrogens (tertiary/aromatic N) is 1. The molecule has 1 aliphatic heterocycles. The van der Waals surface area contributed by atoms with Crippen LogP contribution in [0.2, 0.25) is 5.02 Å². The molecule has 0 aromatic heterocycles. The number of para-hydroxylation sites is 1. The maximum atomic E-state index is 13.4. The first-order valence-corrected chi connectivity index (χ1v) is 11.9. The van der Waals surface area contributed by atoms with Crippen molar-refractivity contribution in [2.24, 2.45) is 0 Å². The molecule has 2 N–H and O–H groups in total. The molecule has 0 aliphatic carbocycles. The molecule has 166 valence electrons. The molecule has 2 aromatic carbocycles. The van der Waals surface area contributed by atoms with Gasteiger partial charge in [0.1, 0.15) is 0 Å². The summed E-state index contributed by atoms with van der Waals surface area (Å²) >= 11 is 6.00. The van der Waals surface area contributed by atoms with Crippen LogP contribution in [-0.2, 0) is 19.6 Å². The minimum Gasteiger partial charge on any atom is -0.346 e. The van der Waals surface area contributed by atoms with E-state index in [0.29, 0.717) is 46.1 Å². The SMILES string of the molecule is Cc1cc(C)c(S(=O)(=O)N2CCC[C@@H]2CNC(=O)C(=O)Nc2ccccc2Cl)c(C)c1. The molecule has 0 spiro atoms. The molecule has 1 heterocycles. The maximum Gasteiger partial charge on any atom is 0.313 e. The first-order chi connectivity index (χ1) is 14.6. The summed E-state index contributed by atoms with van der Waals surface area (Å²) in [4.78, 5) is 24.7. The summed E-state index contributed by atoms with van der Waals surface area (Å²) in [7, 11) is -3.72. The highest BCUT2D eigenvalue weighted by atomic mass is 35.5. The number of anilines is 1. The van der Waals surface area contributed by atoms with Crippen LogP contribution in [0.15, 0.2) is 41.3 Å². The molecular formula is C22H26ClN3O4S. The molecule has 2 amide bonds. The molecule has 2 aromatic rings. The van der Waals surface area contributed by atoms with Crippen LogP contribution in [0, 0.1) is 20.8 Å². The van der Waals surface area contributed by atoms with E-state index in [1.807, 2.05) is 19.1 Å².